The van der Waals surface area contributed by atoms with Crippen molar-refractivity contribution in [1.29, 1.82) is 0 Å². The summed E-state index contributed by atoms with van der Waals surface area (Å²) in [4.78, 5) is 32.4. The quantitative estimate of drug-likeness (QED) is 0.391. The minimum absolute atomic E-state index is 0.231. The van der Waals surface area contributed by atoms with Gasteiger partial charge in [0.15, 0.2) is 6.10 Å². The van der Waals surface area contributed by atoms with E-state index in [0.29, 0.717) is 29.9 Å². The van der Waals surface area contributed by atoms with Crippen LogP contribution in [0.4, 0.5) is 5.69 Å². The maximum Gasteiger partial charge on any atom is 0.342 e. The number of carbonyl (C=O) groups is 2. The number of rotatable bonds is 6. The summed E-state index contributed by atoms with van der Waals surface area (Å²) in [5.41, 5.74) is 4.55. The van der Waals surface area contributed by atoms with E-state index in [1.54, 1.807) is 41.2 Å². The van der Waals surface area contributed by atoms with Crippen LogP contribution >= 0.6 is 0 Å². The van der Waals surface area contributed by atoms with Gasteiger partial charge >= 0.3 is 5.97 Å². The Kier molecular flexibility index (Phi) is 6.39. The number of hydrogen-bond donors (Lipinski definition) is 0. The first kappa shape index (κ1) is 22.5. The second-order valence-corrected chi connectivity index (χ2v) is 8.59. The number of pyridine rings is 1. The second kappa shape index (κ2) is 9.93. The molecule has 0 saturated carbocycles. The summed E-state index contributed by atoms with van der Waals surface area (Å²) >= 11 is 0. The predicted octanol–water partition coefficient (Wildman–Crippen LogP) is 4.52. The highest BCUT2D eigenvalue weighted by atomic mass is 16.5. The topological polar surface area (TPSA) is 77.3 Å². The number of benzene rings is 2. The van der Waals surface area contributed by atoms with Gasteiger partial charge in [0.2, 0.25) is 0 Å². The molecule has 4 aromatic rings. The molecule has 1 aliphatic heterocycles. The minimum atomic E-state index is -0.937. The molecular weight excluding hydrogens is 440 g/mol. The smallest absolute Gasteiger partial charge is 0.342 e. The molecule has 0 bridgehead atoms. The van der Waals surface area contributed by atoms with Crippen LogP contribution in [0.3, 0.4) is 0 Å². The minimum Gasteiger partial charge on any atom is -0.449 e. The van der Waals surface area contributed by atoms with Crippen LogP contribution in [0.2, 0.25) is 0 Å². The Bertz CT molecular complexity index is 1330. The van der Waals surface area contributed by atoms with Crippen LogP contribution < -0.4 is 4.90 Å². The van der Waals surface area contributed by atoms with Gasteiger partial charge in [-0.05, 0) is 49.1 Å². The number of para-hydroxylation sites is 1. The summed E-state index contributed by atoms with van der Waals surface area (Å²) in [5.74, 6) is -0.820. The Morgan fingerprint density at radius 1 is 1.03 bits per heavy atom. The molecule has 7 nitrogen and oxygen atoms in total. The van der Waals surface area contributed by atoms with Crippen LogP contribution in [0.5, 0.6) is 0 Å². The van der Waals surface area contributed by atoms with Gasteiger partial charge in [-0.2, -0.15) is 5.10 Å². The average Bonchev–Trinajstić information content (AvgIpc) is 3.33. The molecule has 3 heterocycles. The van der Waals surface area contributed by atoms with Crippen molar-refractivity contribution < 1.29 is 14.3 Å². The van der Waals surface area contributed by atoms with Crippen molar-refractivity contribution in [3.05, 3.63) is 102 Å². The van der Waals surface area contributed by atoms with Gasteiger partial charge in [-0.3, -0.25) is 14.5 Å². The van der Waals surface area contributed by atoms with Crippen LogP contribution in [0.25, 0.3) is 11.3 Å². The molecule has 1 atom stereocenters. The number of fused-ring (bicyclic) bond motifs is 1. The van der Waals surface area contributed by atoms with Crippen molar-refractivity contribution in [2.45, 2.75) is 32.4 Å². The molecule has 0 saturated heterocycles. The number of esters is 1. The first-order valence-corrected chi connectivity index (χ1v) is 11.7. The molecule has 0 unspecified atom stereocenters. The number of aromatic nitrogens is 3. The lowest BCUT2D eigenvalue weighted by molar-refractivity contribution is -0.126. The lowest BCUT2D eigenvalue weighted by Gasteiger charge is -2.31. The molecule has 35 heavy (non-hydrogen) atoms. The maximum absolute atomic E-state index is 13.3. The van der Waals surface area contributed by atoms with Crippen molar-refractivity contribution >= 4 is 17.6 Å². The van der Waals surface area contributed by atoms with E-state index in [2.05, 4.69) is 10.1 Å². The van der Waals surface area contributed by atoms with Crippen molar-refractivity contribution in [3.63, 3.8) is 0 Å². The largest absolute Gasteiger partial charge is 0.449 e. The molecule has 2 aromatic heterocycles. The summed E-state index contributed by atoms with van der Waals surface area (Å²) in [7, 11) is 0. The Labute approximate surface area is 204 Å². The zero-order valence-electron chi connectivity index (χ0n) is 19.5. The first-order chi connectivity index (χ1) is 17.1. The molecule has 1 aliphatic rings. The third-order valence-electron chi connectivity index (χ3n) is 6.11. The van der Waals surface area contributed by atoms with Crippen LogP contribution in [-0.4, -0.2) is 39.3 Å². The van der Waals surface area contributed by atoms with E-state index in [1.165, 1.54) is 0 Å². The van der Waals surface area contributed by atoms with Crippen molar-refractivity contribution in [3.8, 4) is 11.3 Å². The Morgan fingerprint density at radius 3 is 2.63 bits per heavy atom. The zero-order chi connectivity index (χ0) is 24.2. The zero-order valence-corrected chi connectivity index (χ0v) is 19.5. The number of carbonyl (C=O) groups excluding carboxylic acids is 2. The van der Waals surface area contributed by atoms with E-state index in [0.717, 1.165) is 29.7 Å². The Morgan fingerprint density at radius 2 is 1.83 bits per heavy atom. The van der Waals surface area contributed by atoms with E-state index >= 15 is 0 Å². The fraction of sp³-hybridized carbons (Fsp3) is 0.214. The van der Waals surface area contributed by atoms with Gasteiger partial charge in [0.25, 0.3) is 5.91 Å². The molecule has 0 N–H and O–H groups in total. The van der Waals surface area contributed by atoms with E-state index in [9.17, 15) is 9.59 Å². The second-order valence-electron chi connectivity index (χ2n) is 8.59. The molecule has 7 heteroatoms. The van der Waals surface area contributed by atoms with Crippen molar-refractivity contribution in [2.24, 2.45) is 0 Å². The van der Waals surface area contributed by atoms with Gasteiger partial charge < -0.3 is 9.64 Å². The highest BCUT2D eigenvalue weighted by Gasteiger charge is 2.30. The monoisotopic (exact) mass is 466 g/mol. The van der Waals surface area contributed by atoms with Crippen LogP contribution in [0, 0.1) is 0 Å². The summed E-state index contributed by atoms with van der Waals surface area (Å²) in [6, 6.07) is 21.4. The van der Waals surface area contributed by atoms with E-state index in [1.807, 2.05) is 60.7 Å². The molecular formula is C28H26N4O3. The molecule has 5 rings (SSSR count). The Hall–Kier alpha value is -4.26. The summed E-state index contributed by atoms with van der Waals surface area (Å²) in [6.07, 6.45) is 5.87. The fourth-order valence-corrected chi connectivity index (χ4v) is 4.39. The highest BCUT2D eigenvalue weighted by Crippen LogP contribution is 2.28. The van der Waals surface area contributed by atoms with Crippen molar-refractivity contribution in [1.82, 2.24) is 14.8 Å². The molecule has 176 valence electrons. The predicted molar refractivity (Wildman–Crippen MR) is 133 cm³/mol. The number of amides is 1. The highest BCUT2D eigenvalue weighted by molar-refractivity contribution is 6.01. The number of nitrogens with zero attached hydrogens (tertiary/aromatic N) is 4. The number of aryl methyl sites for hydroxylation is 1. The number of anilines is 1. The SMILES string of the molecule is C[C@H](OC(=O)c1cn(Cc2ccccc2)nc1-c1cccnc1)C(=O)N1CCCc2ccccc21. The van der Waals surface area contributed by atoms with E-state index in [4.69, 9.17) is 4.74 Å². The van der Waals surface area contributed by atoms with Gasteiger partial charge in [0, 0.05) is 36.4 Å². The van der Waals surface area contributed by atoms with Crippen LogP contribution in [0.1, 0.15) is 34.8 Å². The molecule has 0 fully saturated rings. The number of ether oxygens (including phenoxy) is 1. The molecule has 1 amide bonds. The first-order valence-electron chi connectivity index (χ1n) is 11.7. The number of hydrogen-bond acceptors (Lipinski definition) is 5. The lowest BCUT2D eigenvalue weighted by atomic mass is 10.0. The van der Waals surface area contributed by atoms with Gasteiger partial charge in [0.1, 0.15) is 11.3 Å². The van der Waals surface area contributed by atoms with E-state index < -0.39 is 12.1 Å². The van der Waals surface area contributed by atoms with Crippen LogP contribution in [-0.2, 0) is 22.5 Å². The normalized spacial score (nSPS) is 13.7. The third kappa shape index (κ3) is 4.84. The van der Waals surface area contributed by atoms with E-state index in [-0.39, 0.29) is 5.91 Å². The average molecular weight is 467 g/mol. The molecule has 0 spiro atoms. The standard InChI is InChI=1S/C28H26N4O3/c1-20(27(33)32-16-8-13-22-11-5-6-14-25(22)32)35-28(34)24-19-31(18-21-9-3-2-4-10-21)30-26(24)23-12-7-15-29-17-23/h2-7,9-12,14-15,17,19-20H,8,13,16,18H2,1H3/t20-/m0/s1. The van der Waals surface area contributed by atoms with Crippen molar-refractivity contribution in [2.75, 3.05) is 11.4 Å². The molecule has 0 radical (unpaired) electrons. The Balaban J connectivity index is 1.39. The summed E-state index contributed by atoms with van der Waals surface area (Å²) < 4.78 is 7.40. The summed E-state index contributed by atoms with van der Waals surface area (Å²) in [6.45, 7) is 2.73. The third-order valence-corrected chi connectivity index (χ3v) is 6.11. The summed E-state index contributed by atoms with van der Waals surface area (Å²) in [5, 5.41) is 4.65. The van der Waals surface area contributed by atoms with Gasteiger partial charge in [-0.25, -0.2) is 4.79 Å². The fourth-order valence-electron chi connectivity index (χ4n) is 4.39. The lowest BCUT2D eigenvalue weighted by Crippen LogP contribution is -2.42. The van der Waals surface area contributed by atoms with Crippen LogP contribution in [0.15, 0.2) is 85.3 Å². The van der Waals surface area contributed by atoms with Gasteiger partial charge in [-0.1, -0.05) is 48.5 Å². The van der Waals surface area contributed by atoms with Gasteiger partial charge in [-0.15, -0.1) is 0 Å². The van der Waals surface area contributed by atoms with Gasteiger partial charge in [0.05, 0.1) is 6.54 Å². The maximum atomic E-state index is 13.3. The molecule has 0 aliphatic carbocycles. The molecule has 2 aromatic carbocycles.